The molecule has 1 aromatic heterocycles. The fraction of sp³-hybridized carbons (Fsp3) is 0.812. The van der Waals surface area contributed by atoms with Crippen molar-refractivity contribution in [2.24, 2.45) is 7.05 Å². The Morgan fingerprint density at radius 3 is 2.55 bits per heavy atom. The molecule has 0 atom stereocenters. The Kier molecular flexibility index (Phi) is 5.39. The smallest absolute Gasteiger partial charge is 0.230 e. The Balaban J connectivity index is 1.49. The predicted molar refractivity (Wildman–Crippen MR) is 88.0 cm³/mol. The Bertz CT molecular complexity index is 504. The molecule has 1 amide bonds. The van der Waals surface area contributed by atoms with Crippen LogP contribution >= 0.6 is 11.8 Å². The third kappa shape index (κ3) is 3.83. The zero-order chi connectivity index (χ0) is 15.4. The van der Waals surface area contributed by atoms with E-state index in [1.165, 1.54) is 56.7 Å². The number of carbonyl (C=O) groups excluding carboxylic acids is 1. The molecule has 0 aromatic carbocycles. The Hall–Kier alpha value is -1.04. The van der Waals surface area contributed by atoms with Crippen LogP contribution in [0.15, 0.2) is 5.16 Å². The van der Waals surface area contributed by atoms with Gasteiger partial charge in [-0.3, -0.25) is 4.79 Å². The minimum Gasteiger partial charge on any atom is -0.353 e. The molecule has 3 rings (SSSR count). The maximum Gasteiger partial charge on any atom is 0.230 e. The van der Waals surface area contributed by atoms with Crippen LogP contribution in [0.5, 0.6) is 0 Å². The highest BCUT2D eigenvalue weighted by Crippen LogP contribution is 2.33. The largest absolute Gasteiger partial charge is 0.353 e. The summed E-state index contributed by atoms with van der Waals surface area (Å²) < 4.78 is 2.08. The van der Waals surface area contributed by atoms with Gasteiger partial charge >= 0.3 is 0 Å². The van der Waals surface area contributed by atoms with Crippen molar-refractivity contribution in [2.45, 2.75) is 74.9 Å². The molecule has 0 saturated heterocycles. The maximum absolute atomic E-state index is 12.1. The summed E-state index contributed by atoms with van der Waals surface area (Å²) in [5.74, 6) is 2.21. The van der Waals surface area contributed by atoms with Crippen LogP contribution in [0.2, 0.25) is 0 Å². The van der Waals surface area contributed by atoms with Crippen molar-refractivity contribution in [1.29, 1.82) is 0 Å². The highest BCUT2D eigenvalue weighted by molar-refractivity contribution is 7.99. The molecule has 1 N–H and O–H groups in total. The van der Waals surface area contributed by atoms with Crippen LogP contribution < -0.4 is 5.32 Å². The van der Waals surface area contributed by atoms with E-state index in [0.717, 1.165) is 23.8 Å². The number of amides is 1. The molecular formula is C16H26N4OS. The van der Waals surface area contributed by atoms with Crippen LogP contribution in [0.3, 0.4) is 0 Å². The van der Waals surface area contributed by atoms with Gasteiger partial charge in [-0.1, -0.05) is 43.9 Å². The van der Waals surface area contributed by atoms with Crippen molar-refractivity contribution < 1.29 is 4.79 Å². The monoisotopic (exact) mass is 322 g/mol. The number of nitrogens with zero attached hydrogens (tertiary/aromatic N) is 3. The first kappa shape index (κ1) is 15.8. The summed E-state index contributed by atoms with van der Waals surface area (Å²) in [7, 11) is 2.02. The summed E-state index contributed by atoms with van der Waals surface area (Å²) in [4.78, 5) is 12.1. The number of thioether (sulfide) groups is 1. The molecule has 2 aliphatic rings. The zero-order valence-electron chi connectivity index (χ0n) is 13.4. The molecule has 22 heavy (non-hydrogen) atoms. The number of rotatable bonds is 5. The Labute approximate surface area is 136 Å². The van der Waals surface area contributed by atoms with Crippen LogP contribution in [-0.4, -0.2) is 32.5 Å². The predicted octanol–water partition coefficient (Wildman–Crippen LogP) is 3.01. The lowest BCUT2D eigenvalue weighted by atomic mass is 9.95. The number of hydrogen-bond donors (Lipinski definition) is 1. The van der Waals surface area contributed by atoms with Gasteiger partial charge in [0, 0.05) is 19.0 Å². The number of hydrogen-bond acceptors (Lipinski definition) is 4. The van der Waals surface area contributed by atoms with Crippen LogP contribution in [0.4, 0.5) is 0 Å². The van der Waals surface area contributed by atoms with Crippen molar-refractivity contribution in [3.05, 3.63) is 5.82 Å². The first-order valence-electron chi connectivity index (χ1n) is 8.55. The normalized spacial score (nSPS) is 20.4. The topological polar surface area (TPSA) is 59.8 Å². The Morgan fingerprint density at radius 1 is 1.14 bits per heavy atom. The van der Waals surface area contributed by atoms with E-state index in [9.17, 15) is 4.79 Å². The fourth-order valence-corrected chi connectivity index (χ4v) is 4.37. The van der Waals surface area contributed by atoms with Crippen molar-refractivity contribution >= 4 is 17.7 Å². The van der Waals surface area contributed by atoms with Gasteiger partial charge in [0.2, 0.25) is 5.91 Å². The zero-order valence-corrected chi connectivity index (χ0v) is 14.2. The molecule has 1 aromatic rings. The van der Waals surface area contributed by atoms with Gasteiger partial charge in [0.1, 0.15) is 5.82 Å². The molecule has 2 fully saturated rings. The summed E-state index contributed by atoms with van der Waals surface area (Å²) in [5, 5.41) is 12.6. The van der Waals surface area contributed by atoms with Crippen LogP contribution in [0, 0.1) is 0 Å². The van der Waals surface area contributed by atoms with Gasteiger partial charge < -0.3 is 9.88 Å². The van der Waals surface area contributed by atoms with Gasteiger partial charge in [0.25, 0.3) is 0 Å². The standard InChI is InChI=1S/C16H26N4OS/c1-20-15(12-7-5-6-8-12)18-19-16(20)22-11-14(21)17-13-9-3-2-4-10-13/h12-13H,2-11H2,1H3,(H,17,21). The SMILES string of the molecule is Cn1c(SCC(=O)NC2CCCCC2)nnc1C1CCCC1. The van der Waals surface area contributed by atoms with E-state index in [1.54, 1.807) is 0 Å². The lowest BCUT2D eigenvalue weighted by Gasteiger charge is -2.22. The molecule has 0 bridgehead atoms. The summed E-state index contributed by atoms with van der Waals surface area (Å²) in [5.41, 5.74) is 0. The molecular weight excluding hydrogens is 296 g/mol. The third-order valence-corrected chi connectivity index (χ3v) is 5.91. The Morgan fingerprint density at radius 2 is 1.82 bits per heavy atom. The number of nitrogens with one attached hydrogen (secondary N) is 1. The van der Waals surface area contributed by atoms with Crippen molar-refractivity contribution in [3.8, 4) is 0 Å². The first-order chi connectivity index (χ1) is 10.7. The van der Waals surface area contributed by atoms with Gasteiger partial charge in [-0.25, -0.2) is 0 Å². The minimum absolute atomic E-state index is 0.127. The van der Waals surface area contributed by atoms with Gasteiger partial charge in [0.05, 0.1) is 5.75 Å². The first-order valence-corrected chi connectivity index (χ1v) is 9.54. The summed E-state index contributed by atoms with van der Waals surface area (Å²) in [6.45, 7) is 0. The number of carbonyl (C=O) groups is 1. The average Bonchev–Trinajstić information content (AvgIpc) is 3.16. The fourth-order valence-electron chi connectivity index (χ4n) is 3.64. The van der Waals surface area contributed by atoms with Crippen molar-refractivity contribution in [3.63, 3.8) is 0 Å². The highest BCUT2D eigenvalue weighted by atomic mass is 32.2. The molecule has 122 valence electrons. The summed E-state index contributed by atoms with van der Waals surface area (Å²) in [6, 6.07) is 0.385. The second-order valence-electron chi connectivity index (χ2n) is 6.57. The molecule has 2 aliphatic carbocycles. The summed E-state index contributed by atoms with van der Waals surface area (Å²) in [6.07, 6.45) is 11.1. The lowest BCUT2D eigenvalue weighted by Crippen LogP contribution is -2.37. The quantitative estimate of drug-likeness (QED) is 0.847. The average molecular weight is 322 g/mol. The molecule has 2 saturated carbocycles. The van der Waals surface area contributed by atoms with Gasteiger partial charge in [-0.05, 0) is 25.7 Å². The van der Waals surface area contributed by atoms with Crippen molar-refractivity contribution in [1.82, 2.24) is 20.1 Å². The second kappa shape index (κ2) is 7.49. The molecule has 1 heterocycles. The van der Waals surface area contributed by atoms with Crippen LogP contribution in [0.1, 0.15) is 69.5 Å². The van der Waals surface area contributed by atoms with E-state index in [4.69, 9.17) is 0 Å². The van der Waals surface area contributed by atoms with Crippen LogP contribution in [0.25, 0.3) is 0 Å². The van der Waals surface area contributed by atoms with Crippen molar-refractivity contribution in [2.75, 3.05) is 5.75 Å². The van der Waals surface area contributed by atoms with E-state index in [-0.39, 0.29) is 5.91 Å². The minimum atomic E-state index is 0.127. The summed E-state index contributed by atoms with van der Waals surface area (Å²) >= 11 is 1.50. The molecule has 0 spiro atoms. The van der Waals surface area contributed by atoms with Gasteiger partial charge in [0.15, 0.2) is 5.16 Å². The molecule has 6 heteroatoms. The van der Waals surface area contributed by atoms with E-state index >= 15 is 0 Å². The number of aromatic nitrogens is 3. The van der Waals surface area contributed by atoms with Gasteiger partial charge in [-0.2, -0.15) is 0 Å². The van der Waals surface area contributed by atoms with E-state index in [0.29, 0.717) is 17.7 Å². The molecule has 0 radical (unpaired) electrons. The lowest BCUT2D eigenvalue weighted by molar-refractivity contribution is -0.119. The maximum atomic E-state index is 12.1. The van der Waals surface area contributed by atoms with Gasteiger partial charge in [-0.15, -0.1) is 10.2 Å². The second-order valence-corrected chi connectivity index (χ2v) is 7.51. The van der Waals surface area contributed by atoms with Crippen LogP contribution in [-0.2, 0) is 11.8 Å². The molecule has 5 nitrogen and oxygen atoms in total. The van der Waals surface area contributed by atoms with E-state index < -0.39 is 0 Å². The molecule has 0 aliphatic heterocycles. The van der Waals surface area contributed by atoms with E-state index in [1.807, 2.05) is 7.05 Å². The molecule has 0 unspecified atom stereocenters. The highest BCUT2D eigenvalue weighted by Gasteiger charge is 2.23. The third-order valence-electron chi connectivity index (χ3n) is 4.89. The van der Waals surface area contributed by atoms with E-state index in [2.05, 4.69) is 20.1 Å².